The summed E-state index contributed by atoms with van der Waals surface area (Å²) in [6.45, 7) is 16.0. The predicted octanol–water partition coefficient (Wildman–Crippen LogP) is 6.06. The highest BCUT2D eigenvalue weighted by molar-refractivity contribution is 5.99. The van der Waals surface area contributed by atoms with Crippen LogP contribution in [0.15, 0.2) is 85.2 Å². The first kappa shape index (κ1) is 24.7. The summed E-state index contributed by atoms with van der Waals surface area (Å²) in [6, 6.07) is 27.8. The molecular weight excluding hydrogens is 516 g/mol. The van der Waals surface area contributed by atoms with E-state index in [0.29, 0.717) is 23.3 Å². The number of hydrogen-bond acceptors (Lipinski definition) is 4. The highest BCUT2D eigenvalue weighted by Gasteiger charge is 2.34. The molecule has 0 saturated carbocycles. The average molecular weight is 535 g/mol. The molecule has 5 aromatic rings. The van der Waals surface area contributed by atoms with Gasteiger partial charge >= 0.3 is 0 Å². The van der Waals surface area contributed by atoms with Gasteiger partial charge in [0.1, 0.15) is 0 Å². The van der Waals surface area contributed by atoms with Crippen LogP contribution in [0.4, 0.5) is 0 Å². The van der Waals surface area contributed by atoms with Gasteiger partial charge in [0, 0.05) is 34.0 Å². The zero-order valence-electron chi connectivity index (χ0n) is 22.2. The van der Waals surface area contributed by atoms with E-state index in [1.54, 1.807) is 12.4 Å². The fraction of sp³-hybridized carbons (Fsp3) is 0.0556. The molecule has 3 aromatic carbocycles. The van der Waals surface area contributed by atoms with Crippen molar-refractivity contribution in [3.63, 3.8) is 0 Å². The molecule has 0 atom stereocenters. The van der Waals surface area contributed by atoms with Crippen molar-refractivity contribution >= 4 is 11.4 Å². The lowest BCUT2D eigenvalue weighted by atomic mass is 9.87. The van der Waals surface area contributed by atoms with Crippen LogP contribution in [0.5, 0.6) is 0 Å². The number of nitriles is 2. The van der Waals surface area contributed by atoms with Gasteiger partial charge in [0.25, 0.3) is 11.4 Å². The van der Waals surface area contributed by atoms with E-state index in [1.165, 1.54) is 0 Å². The van der Waals surface area contributed by atoms with E-state index in [4.69, 9.17) is 13.1 Å². The standard InChI is InChI=1S/C36H18N6/c1-39-29(19-37)33-25-17-21-9-7-12-24(28-14-4-6-16-42-28)32(21)36(25)34(30(20-38)40-2)26-18-22-10-8-11-23(31(22)35(26)33)27-13-3-5-15-41-27/h3-16H,17-18H2/b33-29-,34-30+. The molecule has 6 nitrogen and oxygen atoms in total. The Morgan fingerprint density at radius 2 is 1.05 bits per heavy atom. The summed E-state index contributed by atoms with van der Waals surface area (Å²) in [4.78, 5) is 16.6. The molecule has 0 bridgehead atoms. The second-order valence-electron chi connectivity index (χ2n) is 10.1. The van der Waals surface area contributed by atoms with Gasteiger partial charge in [-0.05, 0) is 81.6 Å². The summed E-state index contributed by atoms with van der Waals surface area (Å²) in [6.07, 6.45) is 4.39. The molecule has 6 heteroatoms. The lowest BCUT2D eigenvalue weighted by Crippen LogP contribution is -2.26. The van der Waals surface area contributed by atoms with Crippen LogP contribution in [0, 0.1) is 35.8 Å². The second kappa shape index (κ2) is 9.69. The molecule has 2 aliphatic carbocycles. The van der Waals surface area contributed by atoms with E-state index in [1.807, 2.05) is 72.8 Å². The van der Waals surface area contributed by atoms with Crippen molar-refractivity contribution < 1.29 is 0 Å². The van der Waals surface area contributed by atoms with Gasteiger partial charge in [-0.1, -0.05) is 48.5 Å². The maximum Gasteiger partial charge on any atom is 0.269 e. The van der Waals surface area contributed by atoms with Crippen molar-refractivity contribution in [1.29, 1.82) is 10.5 Å². The van der Waals surface area contributed by atoms with Gasteiger partial charge in [-0.2, -0.15) is 0 Å². The number of nitrogens with zero attached hydrogens (tertiary/aromatic N) is 6. The third kappa shape index (κ3) is 3.47. The van der Waals surface area contributed by atoms with Crippen LogP contribution in [0.1, 0.15) is 22.3 Å². The minimum absolute atomic E-state index is 0.00811. The molecule has 0 radical (unpaired) electrons. The van der Waals surface area contributed by atoms with Gasteiger partial charge in [-0.3, -0.25) is 9.97 Å². The Bertz CT molecular complexity index is 2080. The molecule has 2 heterocycles. The van der Waals surface area contributed by atoms with Crippen molar-refractivity contribution in [2.24, 2.45) is 0 Å². The van der Waals surface area contributed by atoms with Gasteiger partial charge in [0.2, 0.25) is 0 Å². The number of fused-ring (bicyclic) bond motifs is 6. The van der Waals surface area contributed by atoms with Crippen molar-refractivity contribution in [2.75, 3.05) is 0 Å². The number of pyridine rings is 2. The molecule has 0 aliphatic heterocycles. The summed E-state index contributed by atoms with van der Waals surface area (Å²) in [7, 11) is 0. The number of hydrogen-bond donors (Lipinski definition) is 0. The number of aromatic nitrogens is 2. The van der Waals surface area contributed by atoms with Gasteiger partial charge in [0.15, 0.2) is 0 Å². The van der Waals surface area contributed by atoms with E-state index >= 15 is 0 Å². The fourth-order valence-electron chi connectivity index (χ4n) is 6.49. The van der Waals surface area contributed by atoms with E-state index in [2.05, 4.69) is 31.8 Å². The SMILES string of the molecule is [C-]#[N+]/C(C#N)=c1/c2c(/c(=C(\C#N)[N+]#[C-])c3c1-c1c(cccc1-c1ccccn1)C3)-c1c(cccc1-c1ccccn1)C2. The van der Waals surface area contributed by atoms with E-state index in [0.717, 1.165) is 67.0 Å². The third-order valence-corrected chi connectivity index (χ3v) is 8.03. The van der Waals surface area contributed by atoms with E-state index < -0.39 is 0 Å². The molecule has 0 saturated heterocycles. The molecule has 0 unspecified atom stereocenters. The van der Waals surface area contributed by atoms with Crippen LogP contribution < -0.4 is 10.4 Å². The minimum Gasteiger partial charge on any atom is -0.256 e. The monoisotopic (exact) mass is 534 g/mol. The van der Waals surface area contributed by atoms with Gasteiger partial charge in [0.05, 0.1) is 36.7 Å². The molecule has 0 N–H and O–H groups in total. The average Bonchev–Trinajstić information content (AvgIpc) is 3.63. The summed E-state index contributed by atoms with van der Waals surface area (Å²) in [5.74, 6) is 0. The fourth-order valence-corrected chi connectivity index (χ4v) is 6.49. The molecule has 2 aliphatic rings. The van der Waals surface area contributed by atoms with Crippen molar-refractivity contribution in [3.8, 4) is 56.9 Å². The van der Waals surface area contributed by atoms with Crippen LogP contribution in [0.3, 0.4) is 0 Å². The summed E-state index contributed by atoms with van der Waals surface area (Å²) >= 11 is 0. The molecule has 42 heavy (non-hydrogen) atoms. The normalized spacial score (nSPS) is 13.2. The highest BCUT2D eigenvalue weighted by atomic mass is 14.7. The maximum absolute atomic E-state index is 10.3. The van der Waals surface area contributed by atoms with Crippen LogP contribution in [0.2, 0.25) is 0 Å². The Hall–Kier alpha value is -6.34. The first-order valence-electron chi connectivity index (χ1n) is 13.3. The third-order valence-electron chi connectivity index (χ3n) is 8.03. The molecule has 0 spiro atoms. The topological polar surface area (TPSA) is 82.1 Å². The molecular formula is C36H18N6. The Kier molecular flexibility index (Phi) is 5.69. The van der Waals surface area contributed by atoms with Gasteiger partial charge in [-0.15, -0.1) is 0 Å². The van der Waals surface area contributed by atoms with Gasteiger partial charge < -0.3 is 0 Å². The van der Waals surface area contributed by atoms with Crippen molar-refractivity contribution in [3.05, 3.63) is 141 Å². The van der Waals surface area contributed by atoms with Crippen LogP contribution in [-0.2, 0) is 12.8 Å². The zero-order chi connectivity index (χ0) is 28.8. The summed E-state index contributed by atoms with van der Waals surface area (Å²) in [5.41, 5.74) is 10.1. The Labute approximate surface area is 242 Å². The predicted molar refractivity (Wildman–Crippen MR) is 160 cm³/mol. The quantitative estimate of drug-likeness (QED) is 0.253. The molecule has 0 amide bonds. The Morgan fingerprint density at radius 1 is 0.595 bits per heavy atom. The number of benzene rings is 3. The van der Waals surface area contributed by atoms with Crippen LogP contribution in [-0.4, -0.2) is 9.97 Å². The first-order chi connectivity index (χ1) is 20.7. The maximum atomic E-state index is 10.3. The number of rotatable bonds is 2. The van der Waals surface area contributed by atoms with E-state index in [-0.39, 0.29) is 11.4 Å². The van der Waals surface area contributed by atoms with Gasteiger partial charge in [-0.25, -0.2) is 20.2 Å². The Balaban J connectivity index is 1.73. The lowest BCUT2D eigenvalue weighted by molar-refractivity contribution is 1.20. The first-order valence-corrected chi connectivity index (χ1v) is 13.3. The smallest absolute Gasteiger partial charge is 0.256 e. The molecule has 192 valence electrons. The molecule has 2 aromatic heterocycles. The van der Waals surface area contributed by atoms with Crippen molar-refractivity contribution in [2.45, 2.75) is 12.8 Å². The molecule has 7 rings (SSSR count). The van der Waals surface area contributed by atoms with Crippen LogP contribution in [0.25, 0.3) is 65.9 Å². The zero-order valence-corrected chi connectivity index (χ0v) is 22.2. The minimum atomic E-state index is -0.00811. The Morgan fingerprint density at radius 3 is 1.40 bits per heavy atom. The summed E-state index contributed by atoms with van der Waals surface area (Å²) < 4.78 is 0. The summed E-state index contributed by atoms with van der Waals surface area (Å²) in [5, 5.41) is 21.7. The molecule has 0 fully saturated rings. The van der Waals surface area contributed by atoms with Crippen molar-refractivity contribution in [1.82, 2.24) is 9.97 Å². The lowest BCUT2D eigenvalue weighted by Gasteiger charge is -2.16. The largest absolute Gasteiger partial charge is 0.269 e. The van der Waals surface area contributed by atoms with Crippen LogP contribution >= 0.6 is 0 Å². The highest BCUT2D eigenvalue weighted by Crippen LogP contribution is 2.46. The van der Waals surface area contributed by atoms with E-state index in [9.17, 15) is 10.5 Å². The second-order valence-corrected chi connectivity index (χ2v) is 10.1.